The Morgan fingerprint density at radius 3 is 1.64 bits per heavy atom. The fourth-order valence-electron chi connectivity index (χ4n) is 1.60. The lowest BCUT2D eigenvalue weighted by molar-refractivity contribution is 0.416. The van der Waals surface area contributed by atoms with Crippen LogP contribution in [0.25, 0.3) is 0 Å². The van der Waals surface area contributed by atoms with Gasteiger partial charge in [0.15, 0.2) is 19.7 Å². The van der Waals surface area contributed by atoms with E-state index in [2.05, 4.69) is 0 Å². The van der Waals surface area contributed by atoms with Crippen LogP contribution in [0.4, 0.5) is 0 Å². The van der Waals surface area contributed by atoms with Gasteiger partial charge in [-0.15, -0.1) is 3.71 Å². The molecule has 80 valence electrons. The zero-order valence-corrected chi connectivity index (χ0v) is 9.94. The predicted octanol–water partition coefficient (Wildman–Crippen LogP) is -1.23. The standard InChI is InChI=1S/C5H13B2NO4S2/c1-3-5(4-2)8-13(9,10)6-7-14(8,11)12/h5-7H,3-4H2,1-2H3. The number of rotatable bonds is 3. The van der Waals surface area contributed by atoms with Gasteiger partial charge in [0, 0.05) is 6.04 Å². The molecule has 0 spiro atoms. The van der Waals surface area contributed by atoms with Crippen molar-refractivity contribution in [2.24, 2.45) is 0 Å². The monoisotopic (exact) mass is 237 g/mol. The Labute approximate surface area is 86.2 Å². The molecule has 1 aliphatic heterocycles. The van der Waals surface area contributed by atoms with Crippen molar-refractivity contribution in [1.29, 1.82) is 0 Å². The topological polar surface area (TPSA) is 71.5 Å². The van der Waals surface area contributed by atoms with Gasteiger partial charge in [0.05, 0.1) is 0 Å². The normalized spacial score (nSPS) is 24.5. The zero-order chi connectivity index (χ0) is 11.0. The summed E-state index contributed by atoms with van der Waals surface area (Å²) in [4.78, 5) is 0. The molecule has 0 unspecified atom stereocenters. The lowest BCUT2D eigenvalue weighted by atomic mass is 9.77. The van der Waals surface area contributed by atoms with Crippen molar-refractivity contribution in [3.63, 3.8) is 0 Å². The van der Waals surface area contributed by atoms with E-state index in [1.807, 2.05) is 0 Å². The Balaban J connectivity index is 3.16. The van der Waals surface area contributed by atoms with Crippen molar-refractivity contribution in [2.75, 3.05) is 0 Å². The van der Waals surface area contributed by atoms with Gasteiger partial charge in [0.1, 0.15) is 0 Å². The molecule has 14 heavy (non-hydrogen) atoms. The van der Waals surface area contributed by atoms with E-state index in [1.165, 1.54) is 0 Å². The lowest BCUT2D eigenvalue weighted by Crippen LogP contribution is -2.39. The maximum absolute atomic E-state index is 11.5. The summed E-state index contributed by atoms with van der Waals surface area (Å²) in [6.45, 7) is 3.58. The Bertz CT molecular complexity index is 365. The van der Waals surface area contributed by atoms with Gasteiger partial charge >= 0.3 is 0 Å². The molecule has 0 saturated carbocycles. The largest absolute Gasteiger partial charge is 0.280 e. The minimum Gasteiger partial charge on any atom is -0.226 e. The number of hydrogen-bond donors (Lipinski definition) is 0. The molecule has 1 saturated heterocycles. The van der Waals surface area contributed by atoms with Gasteiger partial charge in [-0.3, -0.25) is 0 Å². The smallest absolute Gasteiger partial charge is 0.226 e. The fourth-order valence-corrected chi connectivity index (χ4v) is 6.99. The first-order chi connectivity index (χ1) is 6.35. The van der Waals surface area contributed by atoms with Crippen molar-refractivity contribution in [3.8, 4) is 0 Å². The molecule has 0 radical (unpaired) electrons. The first kappa shape index (κ1) is 12.1. The third-order valence-corrected chi connectivity index (χ3v) is 7.14. The van der Waals surface area contributed by atoms with Crippen molar-refractivity contribution in [1.82, 2.24) is 3.71 Å². The van der Waals surface area contributed by atoms with Crippen LogP contribution in [0.5, 0.6) is 0 Å². The van der Waals surface area contributed by atoms with E-state index in [9.17, 15) is 16.8 Å². The highest BCUT2D eigenvalue weighted by Gasteiger charge is 2.46. The van der Waals surface area contributed by atoms with Gasteiger partial charge < -0.3 is 0 Å². The van der Waals surface area contributed by atoms with Gasteiger partial charge in [0.2, 0.25) is 0 Å². The van der Waals surface area contributed by atoms with Gasteiger partial charge in [-0.1, -0.05) is 13.8 Å². The van der Waals surface area contributed by atoms with E-state index >= 15 is 0 Å². The molecule has 0 aromatic rings. The molecule has 1 fully saturated rings. The average molecular weight is 237 g/mol. The van der Waals surface area contributed by atoms with Gasteiger partial charge in [-0.05, 0) is 12.8 Å². The molecule has 1 rings (SSSR count). The zero-order valence-electron chi connectivity index (χ0n) is 8.30. The maximum atomic E-state index is 11.5. The van der Waals surface area contributed by atoms with Crippen LogP contribution in [0.3, 0.4) is 0 Å². The highest BCUT2D eigenvalue weighted by Crippen LogP contribution is 2.22. The summed E-state index contributed by atoms with van der Waals surface area (Å²) in [6.07, 6.45) is 0.502. The van der Waals surface area contributed by atoms with Crippen LogP contribution in [0.2, 0.25) is 0 Å². The molecule has 1 heterocycles. The van der Waals surface area contributed by atoms with Crippen LogP contribution in [0, 0.1) is 0 Å². The third kappa shape index (κ3) is 1.99. The molecular formula is C5H13B2NO4S2. The highest BCUT2D eigenvalue weighted by molar-refractivity contribution is 8.41. The lowest BCUT2D eigenvalue weighted by Gasteiger charge is -2.24. The Morgan fingerprint density at radius 2 is 1.36 bits per heavy atom. The van der Waals surface area contributed by atoms with Crippen LogP contribution in [0.1, 0.15) is 26.7 Å². The van der Waals surface area contributed by atoms with E-state index in [-0.39, 0.29) is 12.9 Å². The first-order valence-electron chi connectivity index (χ1n) is 4.60. The average Bonchev–Trinajstić information content (AvgIpc) is 2.29. The SMILES string of the molecule is CCC(CC)N1S(=O)(=O)BBS1(=O)=O. The minimum absolute atomic E-state index is 0.272. The van der Waals surface area contributed by atoms with Gasteiger partial charge in [-0.25, -0.2) is 16.8 Å². The summed E-state index contributed by atoms with van der Waals surface area (Å²) in [6, 6.07) is -0.410. The van der Waals surface area contributed by atoms with Crippen LogP contribution < -0.4 is 0 Å². The second kappa shape index (κ2) is 3.86. The number of hydrogen-bond acceptors (Lipinski definition) is 4. The molecule has 1 aliphatic rings. The van der Waals surface area contributed by atoms with Crippen LogP contribution >= 0.6 is 0 Å². The van der Waals surface area contributed by atoms with Crippen molar-refractivity contribution in [3.05, 3.63) is 0 Å². The van der Waals surface area contributed by atoms with E-state index < -0.39 is 25.8 Å². The number of nitrogens with zero attached hydrogens (tertiary/aromatic N) is 1. The fraction of sp³-hybridized carbons (Fsp3) is 1.00. The molecule has 0 amide bonds. The molecule has 0 aromatic heterocycles. The second-order valence-electron chi connectivity index (χ2n) is 3.33. The van der Waals surface area contributed by atoms with Gasteiger partial charge in [0.25, 0.3) is 12.9 Å². The van der Waals surface area contributed by atoms with Crippen LogP contribution in [0.15, 0.2) is 0 Å². The Hall–Kier alpha value is -0.0101. The molecular weight excluding hydrogens is 224 g/mol. The van der Waals surface area contributed by atoms with Crippen molar-refractivity contribution in [2.45, 2.75) is 32.7 Å². The van der Waals surface area contributed by atoms with Gasteiger partial charge in [-0.2, -0.15) is 0 Å². The Kier molecular flexibility index (Phi) is 3.33. The Morgan fingerprint density at radius 1 is 1.00 bits per heavy atom. The molecule has 0 N–H and O–H groups in total. The summed E-state index contributed by atoms with van der Waals surface area (Å²) in [7, 11) is -7.15. The van der Waals surface area contributed by atoms with E-state index in [1.54, 1.807) is 13.8 Å². The van der Waals surface area contributed by atoms with E-state index in [4.69, 9.17) is 0 Å². The van der Waals surface area contributed by atoms with Crippen LogP contribution in [-0.4, -0.2) is 39.5 Å². The maximum Gasteiger partial charge on any atom is 0.280 e. The summed E-state index contributed by atoms with van der Waals surface area (Å²) >= 11 is 0. The highest BCUT2D eigenvalue weighted by atomic mass is 32.3. The molecule has 5 nitrogen and oxygen atoms in total. The van der Waals surface area contributed by atoms with Crippen molar-refractivity contribution < 1.29 is 16.8 Å². The predicted molar refractivity (Wildman–Crippen MR) is 58.3 cm³/mol. The molecule has 0 bridgehead atoms. The quantitative estimate of drug-likeness (QED) is 0.576. The summed E-state index contributed by atoms with van der Waals surface area (Å²) in [5.74, 6) is 0. The van der Waals surface area contributed by atoms with Crippen LogP contribution in [-0.2, 0) is 19.7 Å². The second-order valence-corrected chi connectivity index (χ2v) is 7.49. The first-order valence-corrected chi connectivity index (χ1v) is 7.82. The summed E-state index contributed by atoms with van der Waals surface area (Å²) < 4.78 is 46.6. The molecule has 0 atom stereocenters. The van der Waals surface area contributed by atoms with E-state index in [0.29, 0.717) is 16.6 Å². The minimum atomic E-state index is -3.57. The summed E-state index contributed by atoms with van der Waals surface area (Å²) in [5, 5.41) is 0. The molecule has 0 aliphatic carbocycles. The molecule has 0 aromatic carbocycles. The molecule has 9 heteroatoms. The third-order valence-electron chi connectivity index (χ3n) is 2.39. The van der Waals surface area contributed by atoms with E-state index in [0.717, 1.165) is 0 Å². The summed E-state index contributed by atoms with van der Waals surface area (Å²) in [5.41, 5.74) is 0. The van der Waals surface area contributed by atoms with Crippen molar-refractivity contribution >= 4 is 32.6 Å².